The molecule has 0 fully saturated rings. The monoisotopic (exact) mass is 260 g/mol. The number of thioether (sulfide) groups is 1. The van der Waals surface area contributed by atoms with Crippen LogP contribution in [0.2, 0.25) is 0 Å². The molecule has 0 saturated carbocycles. The van der Waals surface area contributed by atoms with Crippen molar-refractivity contribution in [3.05, 3.63) is 71.8 Å². The van der Waals surface area contributed by atoms with E-state index in [4.69, 9.17) is 0 Å². The predicted octanol–water partition coefficient (Wildman–Crippen LogP) is 3.31. The number of benzene rings is 2. The molecule has 0 aliphatic rings. The average molecular weight is 260 g/mol. The van der Waals surface area contributed by atoms with E-state index >= 15 is 0 Å². The van der Waals surface area contributed by atoms with Gasteiger partial charge in [-0.25, -0.2) is 4.21 Å². The van der Waals surface area contributed by atoms with E-state index in [0.717, 1.165) is 15.5 Å². The first-order valence-corrected chi connectivity index (χ1v) is 7.02. The Morgan fingerprint density at radius 2 is 1.47 bits per heavy atom. The molecule has 0 atom stereocenters. The molecule has 0 saturated heterocycles. The van der Waals surface area contributed by atoms with Gasteiger partial charge < -0.3 is 0 Å². The third kappa shape index (κ3) is 3.58. The van der Waals surface area contributed by atoms with Gasteiger partial charge in [0.15, 0.2) is 0 Å². The molecule has 86 valence electrons. The molecule has 0 aliphatic carbocycles. The number of hydrogen-bond acceptors (Lipinski definition) is 2. The normalized spacial score (nSPS) is 9.88. The summed E-state index contributed by atoms with van der Waals surface area (Å²) in [6.45, 7) is 0. The van der Waals surface area contributed by atoms with E-state index in [1.54, 1.807) is 11.8 Å². The lowest BCUT2D eigenvalue weighted by Gasteiger charge is -2.03. The highest BCUT2D eigenvalue weighted by molar-refractivity contribution is 8.21. The molecule has 1 nitrogen and oxygen atoms in total. The Labute approximate surface area is 109 Å². The Balaban J connectivity index is 2.06. The SMILES string of the molecule is O=S=C(SCc1ccccc1)c1ccccc1. The van der Waals surface area contributed by atoms with Gasteiger partial charge in [-0.2, -0.15) is 0 Å². The molecule has 0 amide bonds. The summed E-state index contributed by atoms with van der Waals surface area (Å²) in [5.74, 6) is 0.834. The first-order valence-electron chi connectivity index (χ1n) is 5.29. The Morgan fingerprint density at radius 1 is 0.882 bits per heavy atom. The van der Waals surface area contributed by atoms with Crippen molar-refractivity contribution in [1.82, 2.24) is 0 Å². The molecule has 3 heteroatoms. The van der Waals surface area contributed by atoms with Crippen LogP contribution in [-0.2, 0) is 17.0 Å². The second kappa shape index (κ2) is 6.42. The third-order valence-electron chi connectivity index (χ3n) is 2.30. The predicted molar refractivity (Wildman–Crippen MR) is 76.4 cm³/mol. The quantitative estimate of drug-likeness (QED) is 0.788. The van der Waals surface area contributed by atoms with Crippen molar-refractivity contribution >= 4 is 27.2 Å². The molecule has 0 unspecified atom stereocenters. The zero-order valence-electron chi connectivity index (χ0n) is 9.21. The fraction of sp³-hybridized carbons (Fsp3) is 0.0714. The van der Waals surface area contributed by atoms with Gasteiger partial charge in [0, 0.05) is 11.3 Å². The summed E-state index contributed by atoms with van der Waals surface area (Å²) in [6.07, 6.45) is 0. The Bertz CT molecular complexity index is 516. The maximum Gasteiger partial charge on any atom is 0.108 e. The molecule has 17 heavy (non-hydrogen) atoms. The van der Waals surface area contributed by atoms with Gasteiger partial charge >= 0.3 is 0 Å². The lowest BCUT2D eigenvalue weighted by molar-refractivity contribution is 0.701. The van der Waals surface area contributed by atoms with E-state index in [0.29, 0.717) is 11.3 Å². The van der Waals surface area contributed by atoms with Crippen molar-refractivity contribution in [2.45, 2.75) is 5.75 Å². The number of rotatable bonds is 3. The van der Waals surface area contributed by atoms with Gasteiger partial charge in [-0.3, -0.25) is 0 Å². The molecule has 0 aromatic heterocycles. The highest BCUT2D eigenvalue weighted by Gasteiger charge is 2.03. The summed E-state index contributed by atoms with van der Waals surface area (Å²) in [4.78, 5) is 0. The topological polar surface area (TPSA) is 17.1 Å². The Hall–Kier alpha value is -1.32. The molecule has 0 bridgehead atoms. The van der Waals surface area contributed by atoms with Crippen LogP contribution in [-0.4, -0.2) is 8.41 Å². The van der Waals surface area contributed by atoms with E-state index in [-0.39, 0.29) is 0 Å². The van der Waals surface area contributed by atoms with Gasteiger partial charge in [0.2, 0.25) is 0 Å². The van der Waals surface area contributed by atoms with Gasteiger partial charge in [-0.05, 0) is 5.56 Å². The van der Waals surface area contributed by atoms with Crippen LogP contribution in [0.4, 0.5) is 0 Å². The van der Waals surface area contributed by atoms with Crippen LogP contribution in [0, 0.1) is 0 Å². The minimum Gasteiger partial charge on any atom is -0.211 e. The fourth-order valence-corrected chi connectivity index (χ4v) is 2.85. The summed E-state index contributed by atoms with van der Waals surface area (Å²) in [5.41, 5.74) is 2.24. The number of hydrogen-bond donors (Lipinski definition) is 0. The van der Waals surface area contributed by atoms with Crippen molar-refractivity contribution < 1.29 is 4.21 Å². The average Bonchev–Trinajstić information content (AvgIpc) is 2.42. The van der Waals surface area contributed by atoms with Crippen molar-refractivity contribution in [3.8, 4) is 0 Å². The van der Waals surface area contributed by atoms with Crippen LogP contribution in [0.5, 0.6) is 0 Å². The maximum absolute atomic E-state index is 11.1. The van der Waals surface area contributed by atoms with E-state index in [1.807, 2.05) is 48.5 Å². The molecule has 0 radical (unpaired) electrons. The van der Waals surface area contributed by atoms with Crippen LogP contribution in [0.3, 0.4) is 0 Å². The zero-order valence-corrected chi connectivity index (χ0v) is 10.8. The smallest absolute Gasteiger partial charge is 0.108 e. The lowest BCUT2D eigenvalue weighted by atomic mass is 10.2. The van der Waals surface area contributed by atoms with Gasteiger partial charge in [-0.15, -0.1) is 11.8 Å². The highest BCUT2D eigenvalue weighted by atomic mass is 32.2. The largest absolute Gasteiger partial charge is 0.211 e. The van der Waals surface area contributed by atoms with Crippen molar-refractivity contribution in [2.24, 2.45) is 0 Å². The molecule has 0 spiro atoms. The van der Waals surface area contributed by atoms with E-state index in [1.165, 1.54) is 5.56 Å². The third-order valence-corrected chi connectivity index (χ3v) is 4.22. The Morgan fingerprint density at radius 3 is 2.06 bits per heavy atom. The molecule has 2 aromatic carbocycles. The maximum atomic E-state index is 11.1. The first kappa shape index (κ1) is 12.1. The second-order valence-electron chi connectivity index (χ2n) is 3.51. The van der Waals surface area contributed by atoms with Gasteiger partial charge in [0.25, 0.3) is 0 Å². The van der Waals surface area contributed by atoms with E-state index < -0.39 is 0 Å². The summed E-state index contributed by atoms with van der Waals surface area (Å²) in [7, 11) is 0. The standard InChI is InChI=1S/C14H12OS2/c15-17-14(13-9-5-2-6-10-13)16-11-12-7-3-1-4-8-12/h1-10H,11H2. The first-order chi connectivity index (χ1) is 8.40. The van der Waals surface area contributed by atoms with Crippen LogP contribution in [0.25, 0.3) is 0 Å². The molecule has 2 aromatic rings. The van der Waals surface area contributed by atoms with Gasteiger partial charge in [0.1, 0.15) is 15.5 Å². The molecule has 0 N–H and O–H groups in total. The van der Waals surface area contributed by atoms with Crippen molar-refractivity contribution in [3.63, 3.8) is 0 Å². The molecule has 0 aliphatic heterocycles. The molecule has 2 rings (SSSR count). The van der Waals surface area contributed by atoms with Crippen LogP contribution in [0.1, 0.15) is 11.1 Å². The summed E-state index contributed by atoms with van der Waals surface area (Å²) in [6, 6.07) is 20.0. The van der Waals surface area contributed by atoms with Crippen LogP contribution < -0.4 is 0 Å². The lowest BCUT2D eigenvalue weighted by Crippen LogP contribution is -1.95. The van der Waals surface area contributed by atoms with Crippen molar-refractivity contribution in [2.75, 3.05) is 0 Å². The Kier molecular flexibility index (Phi) is 4.59. The molecule has 0 heterocycles. The zero-order chi connectivity index (χ0) is 11.9. The summed E-state index contributed by atoms with van der Waals surface area (Å²) >= 11 is 2.17. The summed E-state index contributed by atoms with van der Waals surface area (Å²) < 4.78 is 11.9. The van der Waals surface area contributed by atoms with Crippen molar-refractivity contribution in [1.29, 1.82) is 0 Å². The van der Waals surface area contributed by atoms with E-state index in [9.17, 15) is 4.21 Å². The second-order valence-corrected chi connectivity index (χ2v) is 5.33. The minimum atomic E-state index is 0.572. The highest BCUT2D eigenvalue weighted by Crippen LogP contribution is 2.17. The van der Waals surface area contributed by atoms with Gasteiger partial charge in [0.05, 0.1) is 0 Å². The van der Waals surface area contributed by atoms with Crippen LogP contribution >= 0.6 is 11.8 Å². The minimum absolute atomic E-state index is 0.572. The molecular formula is C14H12OS2. The van der Waals surface area contributed by atoms with Crippen LogP contribution in [0.15, 0.2) is 60.7 Å². The molecular weight excluding hydrogens is 248 g/mol. The van der Waals surface area contributed by atoms with Gasteiger partial charge in [-0.1, -0.05) is 60.7 Å². The fourth-order valence-electron chi connectivity index (χ4n) is 1.45. The summed E-state index contributed by atoms with van der Waals surface area (Å²) in [5, 5.41) is 0. The van der Waals surface area contributed by atoms with E-state index in [2.05, 4.69) is 12.1 Å².